The van der Waals surface area contributed by atoms with Crippen molar-refractivity contribution in [2.75, 3.05) is 12.4 Å². The summed E-state index contributed by atoms with van der Waals surface area (Å²) < 4.78 is 6.33. The van der Waals surface area contributed by atoms with Crippen molar-refractivity contribution in [1.82, 2.24) is 19.9 Å². The van der Waals surface area contributed by atoms with Gasteiger partial charge in [0, 0.05) is 18.0 Å². The first-order valence-electron chi connectivity index (χ1n) is 7.25. The number of pyridine rings is 1. The van der Waals surface area contributed by atoms with Gasteiger partial charge in [-0.05, 0) is 29.8 Å². The van der Waals surface area contributed by atoms with E-state index in [1.807, 2.05) is 24.4 Å². The number of methoxy groups -OCH3 is 1. The van der Waals surface area contributed by atoms with E-state index in [2.05, 4.69) is 31.3 Å². The van der Waals surface area contributed by atoms with Crippen molar-refractivity contribution >= 4 is 32.5 Å². The summed E-state index contributed by atoms with van der Waals surface area (Å²) in [4.78, 5) is 16.8. The van der Waals surface area contributed by atoms with Crippen LogP contribution in [-0.2, 0) is 0 Å². The van der Waals surface area contributed by atoms with Crippen molar-refractivity contribution in [2.24, 2.45) is 0 Å². The molecular formula is C17H13N5OS. The van der Waals surface area contributed by atoms with Crippen LogP contribution in [0.1, 0.15) is 0 Å². The maximum atomic E-state index is 5.24. The predicted octanol–water partition coefficient (Wildman–Crippen LogP) is 3.90. The van der Waals surface area contributed by atoms with E-state index >= 15 is 0 Å². The molecule has 0 aliphatic carbocycles. The molecule has 0 radical (unpaired) electrons. The molecule has 7 heteroatoms. The number of thiazole rings is 1. The summed E-state index contributed by atoms with van der Waals surface area (Å²) in [7, 11) is 1.64. The third kappa shape index (κ3) is 2.89. The summed E-state index contributed by atoms with van der Waals surface area (Å²) in [5, 5.41) is 3.99. The minimum Gasteiger partial charge on any atom is -0.495 e. The van der Waals surface area contributed by atoms with Crippen LogP contribution < -0.4 is 10.1 Å². The average Bonchev–Trinajstić information content (AvgIpc) is 3.04. The van der Waals surface area contributed by atoms with Gasteiger partial charge < -0.3 is 10.1 Å². The van der Waals surface area contributed by atoms with Crippen LogP contribution in [0, 0.1) is 0 Å². The molecule has 0 aliphatic rings. The molecule has 0 atom stereocenters. The summed E-state index contributed by atoms with van der Waals surface area (Å²) in [5.41, 5.74) is 3.03. The number of ether oxygens (including phenoxy) is 1. The van der Waals surface area contributed by atoms with E-state index in [1.54, 1.807) is 36.9 Å². The Kier molecular flexibility index (Phi) is 3.76. The van der Waals surface area contributed by atoms with Crippen molar-refractivity contribution in [3.63, 3.8) is 0 Å². The lowest BCUT2D eigenvalue weighted by Gasteiger charge is -2.03. The summed E-state index contributed by atoms with van der Waals surface area (Å²) in [6.45, 7) is 0. The Labute approximate surface area is 142 Å². The van der Waals surface area contributed by atoms with Gasteiger partial charge in [-0.3, -0.25) is 4.98 Å². The maximum absolute atomic E-state index is 5.24. The number of anilines is 2. The zero-order valence-corrected chi connectivity index (χ0v) is 13.6. The molecule has 0 amide bonds. The van der Waals surface area contributed by atoms with Crippen LogP contribution in [0.2, 0.25) is 0 Å². The highest BCUT2D eigenvalue weighted by molar-refractivity contribution is 7.22. The fraction of sp³-hybridized carbons (Fsp3) is 0.0588. The summed E-state index contributed by atoms with van der Waals surface area (Å²) in [5.74, 6) is 1.46. The summed E-state index contributed by atoms with van der Waals surface area (Å²) >= 11 is 1.58. The Morgan fingerprint density at radius 2 is 2.00 bits per heavy atom. The molecular weight excluding hydrogens is 322 g/mol. The molecule has 118 valence electrons. The van der Waals surface area contributed by atoms with Gasteiger partial charge in [-0.1, -0.05) is 17.4 Å². The van der Waals surface area contributed by atoms with E-state index in [-0.39, 0.29) is 0 Å². The van der Waals surface area contributed by atoms with Gasteiger partial charge in [0.25, 0.3) is 0 Å². The van der Waals surface area contributed by atoms with Crippen molar-refractivity contribution in [1.29, 1.82) is 0 Å². The highest BCUT2D eigenvalue weighted by atomic mass is 32.1. The Hall–Kier alpha value is -3.06. The quantitative estimate of drug-likeness (QED) is 0.610. The number of hydrogen-bond donors (Lipinski definition) is 1. The fourth-order valence-electron chi connectivity index (χ4n) is 2.32. The van der Waals surface area contributed by atoms with Crippen LogP contribution in [-0.4, -0.2) is 27.0 Å². The maximum Gasteiger partial charge on any atom is 0.189 e. The smallest absolute Gasteiger partial charge is 0.189 e. The van der Waals surface area contributed by atoms with E-state index in [4.69, 9.17) is 4.74 Å². The lowest BCUT2D eigenvalue weighted by molar-refractivity contribution is 0.413. The van der Waals surface area contributed by atoms with E-state index in [9.17, 15) is 0 Å². The highest BCUT2D eigenvalue weighted by Gasteiger charge is 2.07. The molecule has 24 heavy (non-hydrogen) atoms. The number of hydrogen-bond acceptors (Lipinski definition) is 7. The molecule has 4 aromatic rings. The minimum absolute atomic E-state index is 0.723. The van der Waals surface area contributed by atoms with Crippen molar-refractivity contribution < 1.29 is 4.74 Å². The van der Waals surface area contributed by atoms with Gasteiger partial charge in [0.15, 0.2) is 5.13 Å². The summed E-state index contributed by atoms with van der Waals surface area (Å²) in [6.07, 6.45) is 6.71. The largest absolute Gasteiger partial charge is 0.495 e. The first-order chi connectivity index (χ1) is 11.8. The van der Waals surface area contributed by atoms with Gasteiger partial charge in [-0.2, -0.15) is 0 Å². The van der Waals surface area contributed by atoms with E-state index in [0.717, 1.165) is 38.0 Å². The molecule has 0 fully saturated rings. The number of rotatable bonds is 4. The lowest BCUT2D eigenvalue weighted by Crippen LogP contribution is -1.91. The Morgan fingerprint density at radius 1 is 1.04 bits per heavy atom. The second-order valence-electron chi connectivity index (χ2n) is 5.03. The van der Waals surface area contributed by atoms with Gasteiger partial charge >= 0.3 is 0 Å². The zero-order valence-electron chi connectivity index (χ0n) is 12.8. The Balaban J connectivity index is 1.68. The molecule has 6 nitrogen and oxygen atoms in total. The van der Waals surface area contributed by atoms with E-state index in [1.165, 1.54) is 6.33 Å². The lowest BCUT2D eigenvalue weighted by atomic mass is 10.1. The first kappa shape index (κ1) is 14.5. The molecule has 0 unspecified atom stereocenters. The van der Waals surface area contributed by atoms with Crippen LogP contribution in [0.4, 0.5) is 10.9 Å². The molecule has 0 aliphatic heterocycles. The third-order valence-electron chi connectivity index (χ3n) is 3.49. The second-order valence-corrected chi connectivity index (χ2v) is 6.07. The third-order valence-corrected chi connectivity index (χ3v) is 4.42. The fourth-order valence-corrected chi connectivity index (χ4v) is 3.23. The number of fused-ring (bicyclic) bond motifs is 1. The molecule has 3 heterocycles. The highest BCUT2D eigenvalue weighted by Crippen LogP contribution is 2.32. The zero-order chi connectivity index (χ0) is 16.4. The SMILES string of the molecule is COc1cncc(-c2ccc3nc(Nc4ccncn4)sc3c2)c1. The molecule has 0 saturated carbocycles. The van der Waals surface area contributed by atoms with Gasteiger partial charge in [0.1, 0.15) is 17.9 Å². The normalized spacial score (nSPS) is 10.7. The van der Waals surface area contributed by atoms with Crippen LogP contribution in [0.5, 0.6) is 5.75 Å². The van der Waals surface area contributed by atoms with Crippen LogP contribution in [0.15, 0.2) is 55.2 Å². The number of nitrogens with one attached hydrogen (secondary N) is 1. The Morgan fingerprint density at radius 3 is 2.83 bits per heavy atom. The molecule has 0 saturated heterocycles. The van der Waals surface area contributed by atoms with Gasteiger partial charge in [0.2, 0.25) is 0 Å². The van der Waals surface area contributed by atoms with Gasteiger partial charge in [-0.15, -0.1) is 0 Å². The molecule has 1 aromatic carbocycles. The average molecular weight is 335 g/mol. The Bertz CT molecular complexity index is 987. The number of aromatic nitrogens is 4. The molecule has 1 N–H and O–H groups in total. The van der Waals surface area contributed by atoms with E-state index in [0.29, 0.717) is 0 Å². The van der Waals surface area contributed by atoms with Crippen molar-refractivity contribution in [3.05, 3.63) is 55.2 Å². The molecule has 0 spiro atoms. The topological polar surface area (TPSA) is 72.8 Å². The van der Waals surface area contributed by atoms with Crippen LogP contribution in [0.25, 0.3) is 21.3 Å². The standard InChI is InChI=1S/C17H13N5OS/c1-23-13-6-12(8-19-9-13)11-2-3-14-15(7-11)24-17(21-14)22-16-4-5-18-10-20-16/h2-10H,1H3,(H,18,20,21,22). The predicted molar refractivity (Wildman–Crippen MR) is 94.7 cm³/mol. The number of nitrogens with zero attached hydrogens (tertiary/aromatic N) is 4. The van der Waals surface area contributed by atoms with E-state index < -0.39 is 0 Å². The van der Waals surface area contributed by atoms with Crippen LogP contribution in [0.3, 0.4) is 0 Å². The van der Waals surface area contributed by atoms with Gasteiger partial charge in [0.05, 0.1) is 23.5 Å². The molecule has 3 aromatic heterocycles. The second kappa shape index (κ2) is 6.21. The number of benzene rings is 1. The summed E-state index contributed by atoms with van der Waals surface area (Å²) in [6, 6.07) is 9.92. The van der Waals surface area contributed by atoms with Crippen LogP contribution >= 0.6 is 11.3 Å². The van der Waals surface area contributed by atoms with Gasteiger partial charge in [-0.25, -0.2) is 15.0 Å². The van der Waals surface area contributed by atoms with Crippen molar-refractivity contribution in [3.8, 4) is 16.9 Å². The first-order valence-corrected chi connectivity index (χ1v) is 8.06. The van der Waals surface area contributed by atoms with Crippen molar-refractivity contribution in [2.45, 2.75) is 0 Å². The minimum atomic E-state index is 0.723. The monoisotopic (exact) mass is 335 g/mol. The molecule has 4 rings (SSSR count). The molecule has 0 bridgehead atoms.